The lowest BCUT2D eigenvalue weighted by Gasteiger charge is -2.02. The Morgan fingerprint density at radius 1 is 1.35 bits per heavy atom. The van der Waals surface area contributed by atoms with Crippen LogP contribution in [0, 0.1) is 6.92 Å². The molecule has 0 bridgehead atoms. The molecule has 2 rings (SSSR count). The highest BCUT2D eigenvalue weighted by atomic mass is 16.1. The molecule has 1 heterocycles. The van der Waals surface area contributed by atoms with Crippen molar-refractivity contribution in [3.05, 3.63) is 42.1 Å². The summed E-state index contributed by atoms with van der Waals surface area (Å²) in [4.78, 5) is 11.3. The predicted octanol–water partition coefficient (Wildman–Crippen LogP) is 2.53. The summed E-state index contributed by atoms with van der Waals surface area (Å²) in [5, 5.41) is 7.10. The lowest BCUT2D eigenvalue weighted by molar-refractivity contribution is -0.115. The van der Waals surface area contributed by atoms with E-state index < -0.39 is 0 Å². The third kappa shape index (κ3) is 2.53. The number of carbonyl (C=O) groups excluding carboxylic acids is 1. The number of para-hydroxylation sites is 1. The molecular weight excluding hydrogens is 214 g/mol. The summed E-state index contributed by atoms with van der Waals surface area (Å²) < 4.78 is 1.81. The number of aryl methyl sites for hydroxylation is 1. The van der Waals surface area contributed by atoms with Crippen molar-refractivity contribution in [1.29, 1.82) is 0 Å². The van der Waals surface area contributed by atoms with Gasteiger partial charge in [-0.25, -0.2) is 4.68 Å². The van der Waals surface area contributed by atoms with Gasteiger partial charge in [-0.2, -0.15) is 0 Å². The number of carbonyl (C=O) groups is 1. The van der Waals surface area contributed by atoms with Crippen LogP contribution in [0.2, 0.25) is 0 Å². The number of hydrogen-bond acceptors (Lipinski definition) is 2. The molecule has 1 aromatic carbocycles. The summed E-state index contributed by atoms with van der Waals surface area (Å²) in [6.45, 7) is 3.78. The molecule has 1 N–H and O–H groups in total. The van der Waals surface area contributed by atoms with Crippen molar-refractivity contribution in [2.75, 3.05) is 5.32 Å². The molecule has 88 valence electrons. The summed E-state index contributed by atoms with van der Waals surface area (Å²) >= 11 is 0. The van der Waals surface area contributed by atoms with Gasteiger partial charge in [0.15, 0.2) is 5.82 Å². The van der Waals surface area contributed by atoms with Crippen molar-refractivity contribution in [2.24, 2.45) is 0 Å². The predicted molar refractivity (Wildman–Crippen MR) is 67.2 cm³/mol. The normalized spacial score (nSPS) is 10.2. The molecule has 0 aliphatic heterocycles. The van der Waals surface area contributed by atoms with E-state index in [-0.39, 0.29) is 5.91 Å². The fraction of sp³-hybridized carbons (Fsp3) is 0.231. The van der Waals surface area contributed by atoms with E-state index in [0.29, 0.717) is 12.2 Å². The standard InChI is InChI=1S/C13H15N3O/c1-3-13(17)14-12-9-10(2)16(15-12)11-7-5-4-6-8-11/h4-9H,3H2,1-2H3,(H,14,15,17). The average Bonchev–Trinajstić information content (AvgIpc) is 2.71. The lowest BCUT2D eigenvalue weighted by atomic mass is 10.3. The van der Waals surface area contributed by atoms with Crippen LogP contribution in [0.3, 0.4) is 0 Å². The van der Waals surface area contributed by atoms with E-state index in [2.05, 4.69) is 10.4 Å². The first kappa shape index (κ1) is 11.4. The number of benzene rings is 1. The van der Waals surface area contributed by atoms with Crippen LogP contribution in [-0.2, 0) is 4.79 Å². The van der Waals surface area contributed by atoms with Crippen LogP contribution in [0.15, 0.2) is 36.4 Å². The van der Waals surface area contributed by atoms with Crippen LogP contribution in [0.5, 0.6) is 0 Å². The molecule has 1 aromatic heterocycles. The van der Waals surface area contributed by atoms with Gasteiger partial charge in [-0.05, 0) is 19.1 Å². The highest BCUT2D eigenvalue weighted by molar-refractivity contribution is 5.89. The van der Waals surface area contributed by atoms with Crippen LogP contribution >= 0.6 is 0 Å². The maximum absolute atomic E-state index is 11.3. The molecule has 0 fully saturated rings. The first-order chi connectivity index (χ1) is 8.20. The van der Waals surface area contributed by atoms with Gasteiger partial charge >= 0.3 is 0 Å². The minimum Gasteiger partial charge on any atom is -0.309 e. The van der Waals surface area contributed by atoms with Gasteiger partial charge in [0.1, 0.15) is 0 Å². The molecule has 0 aliphatic carbocycles. The molecule has 0 unspecified atom stereocenters. The fourth-order valence-electron chi connectivity index (χ4n) is 1.60. The van der Waals surface area contributed by atoms with E-state index in [1.165, 1.54) is 0 Å². The minimum absolute atomic E-state index is 0.0253. The van der Waals surface area contributed by atoms with E-state index in [4.69, 9.17) is 0 Å². The number of nitrogens with one attached hydrogen (secondary N) is 1. The van der Waals surface area contributed by atoms with Gasteiger partial charge in [-0.1, -0.05) is 25.1 Å². The molecule has 17 heavy (non-hydrogen) atoms. The Bertz CT molecular complexity index is 517. The molecule has 0 saturated heterocycles. The zero-order valence-corrected chi connectivity index (χ0v) is 9.97. The van der Waals surface area contributed by atoms with Gasteiger partial charge in [0.2, 0.25) is 5.91 Å². The van der Waals surface area contributed by atoms with Crippen molar-refractivity contribution < 1.29 is 4.79 Å². The maximum Gasteiger partial charge on any atom is 0.225 e. The number of rotatable bonds is 3. The van der Waals surface area contributed by atoms with Gasteiger partial charge < -0.3 is 5.32 Å². The average molecular weight is 229 g/mol. The summed E-state index contributed by atoms with van der Waals surface area (Å²) in [7, 11) is 0. The second-order valence-corrected chi connectivity index (χ2v) is 3.82. The Balaban J connectivity index is 2.28. The number of nitrogens with zero attached hydrogens (tertiary/aromatic N) is 2. The Labute approximate surface area is 100 Å². The first-order valence-corrected chi connectivity index (χ1v) is 5.62. The van der Waals surface area contributed by atoms with Gasteiger partial charge in [-0.15, -0.1) is 5.10 Å². The molecular formula is C13H15N3O. The fourth-order valence-corrected chi connectivity index (χ4v) is 1.60. The van der Waals surface area contributed by atoms with Crippen molar-refractivity contribution in [3.8, 4) is 5.69 Å². The summed E-state index contributed by atoms with van der Waals surface area (Å²) in [6, 6.07) is 11.7. The Kier molecular flexibility index (Phi) is 3.23. The van der Waals surface area contributed by atoms with Gasteiger partial charge in [-0.3, -0.25) is 4.79 Å². The monoisotopic (exact) mass is 229 g/mol. The molecule has 0 radical (unpaired) electrons. The largest absolute Gasteiger partial charge is 0.309 e. The van der Waals surface area contributed by atoms with Crippen LogP contribution in [0.4, 0.5) is 5.82 Å². The zero-order chi connectivity index (χ0) is 12.3. The number of amides is 1. The van der Waals surface area contributed by atoms with Crippen LogP contribution in [0.1, 0.15) is 19.0 Å². The maximum atomic E-state index is 11.3. The summed E-state index contributed by atoms with van der Waals surface area (Å²) in [6.07, 6.45) is 0.456. The van der Waals surface area contributed by atoms with Gasteiger partial charge in [0, 0.05) is 18.2 Å². The molecule has 0 aliphatic rings. The minimum atomic E-state index is -0.0253. The van der Waals surface area contributed by atoms with Gasteiger partial charge in [0.25, 0.3) is 0 Å². The summed E-state index contributed by atoms with van der Waals surface area (Å²) in [5.74, 6) is 0.570. The Morgan fingerprint density at radius 3 is 2.71 bits per heavy atom. The van der Waals surface area contributed by atoms with Crippen molar-refractivity contribution in [1.82, 2.24) is 9.78 Å². The smallest absolute Gasteiger partial charge is 0.225 e. The molecule has 1 amide bonds. The third-order valence-corrected chi connectivity index (χ3v) is 2.48. The van der Waals surface area contributed by atoms with E-state index in [0.717, 1.165) is 11.4 Å². The first-order valence-electron chi connectivity index (χ1n) is 5.62. The number of aromatic nitrogens is 2. The van der Waals surface area contributed by atoms with E-state index in [1.54, 1.807) is 0 Å². The molecule has 4 nitrogen and oxygen atoms in total. The number of anilines is 1. The van der Waals surface area contributed by atoms with E-state index in [9.17, 15) is 4.79 Å². The highest BCUT2D eigenvalue weighted by Crippen LogP contribution is 2.14. The van der Waals surface area contributed by atoms with Crippen molar-refractivity contribution >= 4 is 11.7 Å². The van der Waals surface area contributed by atoms with E-state index >= 15 is 0 Å². The topological polar surface area (TPSA) is 46.9 Å². The second kappa shape index (κ2) is 4.82. The van der Waals surface area contributed by atoms with Crippen molar-refractivity contribution in [2.45, 2.75) is 20.3 Å². The van der Waals surface area contributed by atoms with Crippen LogP contribution in [-0.4, -0.2) is 15.7 Å². The second-order valence-electron chi connectivity index (χ2n) is 3.82. The Hall–Kier alpha value is -2.10. The summed E-state index contributed by atoms with van der Waals surface area (Å²) in [5.41, 5.74) is 1.98. The molecule has 4 heteroatoms. The lowest BCUT2D eigenvalue weighted by Crippen LogP contribution is -2.10. The van der Waals surface area contributed by atoms with Crippen molar-refractivity contribution in [3.63, 3.8) is 0 Å². The Morgan fingerprint density at radius 2 is 2.06 bits per heavy atom. The zero-order valence-electron chi connectivity index (χ0n) is 9.97. The molecule has 2 aromatic rings. The van der Waals surface area contributed by atoms with Gasteiger partial charge in [0.05, 0.1) is 5.69 Å². The SMILES string of the molecule is CCC(=O)Nc1cc(C)n(-c2ccccc2)n1. The molecule has 0 spiro atoms. The van der Waals surface area contributed by atoms with E-state index in [1.807, 2.05) is 54.9 Å². The van der Waals surface area contributed by atoms with Crippen LogP contribution in [0.25, 0.3) is 5.69 Å². The third-order valence-electron chi connectivity index (χ3n) is 2.48. The molecule has 0 saturated carbocycles. The number of hydrogen-bond donors (Lipinski definition) is 1. The quantitative estimate of drug-likeness (QED) is 0.879. The van der Waals surface area contributed by atoms with Crippen LogP contribution < -0.4 is 5.32 Å². The molecule has 0 atom stereocenters. The highest BCUT2D eigenvalue weighted by Gasteiger charge is 2.07.